The first-order valence-corrected chi connectivity index (χ1v) is 6.40. The third-order valence-electron chi connectivity index (χ3n) is 2.68. The number of nitrogens with one attached hydrogen (secondary N) is 1. The minimum Gasteiger partial charge on any atom is -0.393 e. The standard InChI is InChI=1S/C11H18N2OS/c1-8(14)5-10-7-13-11(15-10)6-9-3-2-4-12-9/h7-9,12,14H,2-6H2,1H3. The Bertz CT molecular complexity index is 305. The van der Waals surface area contributed by atoms with Crippen LogP contribution < -0.4 is 5.32 Å². The molecule has 0 amide bonds. The Balaban J connectivity index is 1.88. The molecule has 3 nitrogen and oxygen atoms in total. The number of aliphatic hydroxyl groups is 1. The van der Waals surface area contributed by atoms with Crippen LogP contribution in [0.2, 0.25) is 0 Å². The van der Waals surface area contributed by atoms with E-state index in [-0.39, 0.29) is 6.10 Å². The minimum absolute atomic E-state index is 0.261. The van der Waals surface area contributed by atoms with Crippen LogP contribution in [0.1, 0.15) is 29.7 Å². The highest BCUT2D eigenvalue weighted by molar-refractivity contribution is 7.11. The molecule has 2 unspecified atom stereocenters. The van der Waals surface area contributed by atoms with E-state index >= 15 is 0 Å². The molecule has 0 aliphatic carbocycles. The Morgan fingerprint density at radius 2 is 2.60 bits per heavy atom. The molecule has 4 heteroatoms. The second kappa shape index (κ2) is 5.05. The predicted octanol–water partition coefficient (Wildman–Crippen LogP) is 1.36. The maximum absolute atomic E-state index is 9.27. The number of aromatic nitrogens is 1. The third-order valence-corrected chi connectivity index (χ3v) is 3.72. The molecule has 2 atom stereocenters. The molecule has 1 saturated heterocycles. The van der Waals surface area contributed by atoms with Gasteiger partial charge in [-0.05, 0) is 26.3 Å². The molecular weight excluding hydrogens is 208 g/mol. The average molecular weight is 226 g/mol. The summed E-state index contributed by atoms with van der Waals surface area (Å²) >= 11 is 1.74. The van der Waals surface area contributed by atoms with Crippen molar-refractivity contribution < 1.29 is 5.11 Å². The highest BCUT2D eigenvalue weighted by Gasteiger charge is 2.16. The molecule has 84 valence electrons. The Morgan fingerprint density at radius 3 is 3.27 bits per heavy atom. The lowest BCUT2D eigenvalue weighted by Gasteiger charge is -2.06. The molecule has 1 fully saturated rings. The van der Waals surface area contributed by atoms with Crippen LogP contribution in [0.4, 0.5) is 0 Å². The van der Waals surface area contributed by atoms with Gasteiger partial charge in [-0.2, -0.15) is 0 Å². The van der Waals surface area contributed by atoms with Gasteiger partial charge in [0.1, 0.15) is 0 Å². The smallest absolute Gasteiger partial charge is 0.0943 e. The van der Waals surface area contributed by atoms with E-state index in [0.717, 1.165) is 19.4 Å². The first-order chi connectivity index (χ1) is 7.24. The summed E-state index contributed by atoms with van der Waals surface area (Å²) in [5.41, 5.74) is 0. The molecule has 2 rings (SSSR count). The second-order valence-electron chi connectivity index (χ2n) is 4.27. The number of thiazole rings is 1. The fraction of sp³-hybridized carbons (Fsp3) is 0.727. The van der Waals surface area contributed by atoms with Crippen molar-refractivity contribution in [2.24, 2.45) is 0 Å². The number of hydrogen-bond acceptors (Lipinski definition) is 4. The summed E-state index contributed by atoms with van der Waals surface area (Å²) in [5, 5.41) is 13.9. The van der Waals surface area contributed by atoms with Crippen molar-refractivity contribution in [3.05, 3.63) is 16.1 Å². The molecule has 2 N–H and O–H groups in total. The van der Waals surface area contributed by atoms with Crippen LogP contribution in [0.15, 0.2) is 6.20 Å². The number of nitrogens with zero attached hydrogens (tertiary/aromatic N) is 1. The van der Waals surface area contributed by atoms with Gasteiger partial charge in [0.25, 0.3) is 0 Å². The summed E-state index contributed by atoms with van der Waals surface area (Å²) in [7, 11) is 0. The molecule has 0 aromatic carbocycles. The van der Waals surface area contributed by atoms with Gasteiger partial charge in [-0.1, -0.05) is 0 Å². The van der Waals surface area contributed by atoms with Gasteiger partial charge in [0.2, 0.25) is 0 Å². The number of rotatable bonds is 4. The van der Waals surface area contributed by atoms with Crippen LogP contribution in [0.25, 0.3) is 0 Å². The van der Waals surface area contributed by atoms with E-state index in [1.54, 1.807) is 11.3 Å². The van der Waals surface area contributed by atoms with Gasteiger partial charge < -0.3 is 10.4 Å². The monoisotopic (exact) mass is 226 g/mol. The molecule has 1 aromatic rings. The molecule has 0 radical (unpaired) electrons. The summed E-state index contributed by atoms with van der Waals surface area (Å²) < 4.78 is 0. The van der Waals surface area contributed by atoms with E-state index in [1.165, 1.54) is 22.7 Å². The van der Waals surface area contributed by atoms with E-state index < -0.39 is 0 Å². The van der Waals surface area contributed by atoms with Crippen molar-refractivity contribution in [2.75, 3.05) is 6.54 Å². The van der Waals surface area contributed by atoms with E-state index in [4.69, 9.17) is 0 Å². The largest absolute Gasteiger partial charge is 0.393 e. The van der Waals surface area contributed by atoms with Gasteiger partial charge in [-0.15, -0.1) is 11.3 Å². The van der Waals surface area contributed by atoms with E-state index in [1.807, 2.05) is 13.1 Å². The van der Waals surface area contributed by atoms with Crippen LogP contribution in [0.3, 0.4) is 0 Å². The van der Waals surface area contributed by atoms with Crippen LogP contribution in [-0.4, -0.2) is 28.8 Å². The van der Waals surface area contributed by atoms with Crippen LogP contribution in [-0.2, 0) is 12.8 Å². The van der Waals surface area contributed by atoms with Crippen LogP contribution in [0, 0.1) is 0 Å². The summed E-state index contributed by atoms with van der Waals surface area (Å²) in [4.78, 5) is 5.59. The zero-order valence-electron chi connectivity index (χ0n) is 9.07. The Kier molecular flexibility index (Phi) is 3.72. The Labute approximate surface area is 94.5 Å². The third kappa shape index (κ3) is 3.26. The first kappa shape index (κ1) is 11.0. The summed E-state index contributed by atoms with van der Waals surface area (Å²) in [5.74, 6) is 0. The summed E-state index contributed by atoms with van der Waals surface area (Å²) in [6.45, 7) is 2.97. The van der Waals surface area contributed by atoms with Crippen LogP contribution >= 0.6 is 11.3 Å². The van der Waals surface area contributed by atoms with Gasteiger partial charge in [0.05, 0.1) is 11.1 Å². The van der Waals surface area contributed by atoms with E-state index in [0.29, 0.717) is 6.04 Å². The predicted molar refractivity (Wildman–Crippen MR) is 62.2 cm³/mol. The molecule has 0 spiro atoms. The number of aliphatic hydroxyl groups excluding tert-OH is 1. The van der Waals surface area contributed by atoms with Crippen molar-refractivity contribution in [2.45, 2.75) is 44.8 Å². The van der Waals surface area contributed by atoms with E-state index in [9.17, 15) is 5.11 Å². The Morgan fingerprint density at radius 1 is 1.73 bits per heavy atom. The molecule has 2 heterocycles. The van der Waals surface area contributed by atoms with Gasteiger partial charge in [0, 0.05) is 30.0 Å². The molecule has 1 aromatic heterocycles. The molecule has 15 heavy (non-hydrogen) atoms. The quantitative estimate of drug-likeness (QED) is 0.815. The summed E-state index contributed by atoms with van der Waals surface area (Å²) in [6, 6.07) is 0.621. The molecule has 1 aliphatic rings. The second-order valence-corrected chi connectivity index (χ2v) is 5.47. The van der Waals surface area contributed by atoms with Crippen molar-refractivity contribution in [1.29, 1.82) is 0 Å². The lowest BCUT2D eigenvalue weighted by Crippen LogP contribution is -2.23. The van der Waals surface area contributed by atoms with Gasteiger partial charge in [-0.25, -0.2) is 4.98 Å². The molecule has 0 saturated carbocycles. The maximum atomic E-state index is 9.27. The Hall–Kier alpha value is -0.450. The SMILES string of the molecule is CC(O)Cc1cnc(CC2CCCN2)s1. The van der Waals surface area contributed by atoms with Crippen LogP contribution in [0.5, 0.6) is 0 Å². The highest BCUT2D eigenvalue weighted by Crippen LogP contribution is 2.18. The normalized spacial score (nSPS) is 23.2. The molecule has 0 bridgehead atoms. The van der Waals surface area contributed by atoms with Crippen molar-refractivity contribution in [1.82, 2.24) is 10.3 Å². The fourth-order valence-electron chi connectivity index (χ4n) is 1.97. The lowest BCUT2D eigenvalue weighted by atomic mass is 10.2. The summed E-state index contributed by atoms with van der Waals surface area (Å²) in [6.07, 6.45) is 5.98. The zero-order chi connectivity index (χ0) is 10.7. The van der Waals surface area contributed by atoms with Crippen molar-refractivity contribution >= 4 is 11.3 Å². The van der Waals surface area contributed by atoms with Crippen molar-refractivity contribution in [3.8, 4) is 0 Å². The minimum atomic E-state index is -0.261. The lowest BCUT2D eigenvalue weighted by molar-refractivity contribution is 0.196. The van der Waals surface area contributed by atoms with Gasteiger partial charge in [0.15, 0.2) is 0 Å². The van der Waals surface area contributed by atoms with Gasteiger partial charge in [-0.3, -0.25) is 0 Å². The molecular formula is C11H18N2OS. The van der Waals surface area contributed by atoms with Crippen molar-refractivity contribution in [3.63, 3.8) is 0 Å². The average Bonchev–Trinajstić information content (AvgIpc) is 2.77. The van der Waals surface area contributed by atoms with E-state index in [2.05, 4.69) is 10.3 Å². The zero-order valence-corrected chi connectivity index (χ0v) is 9.89. The topological polar surface area (TPSA) is 45.2 Å². The number of hydrogen-bond donors (Lipinski definition) is 2. The maximum Gasteiger partial charge on any atom is 0.0943 e. The van der Waals surface area contributed by atoms with Gasteiger partial charge >= 0.3 is 0 Å². The first-order valence-electron chi connectivity index (χ1n) is 5.59. The highest BCUT2D eigenvalue weighted by atomic mass is 32.1. The molecule has 1 aliphatic heterocycles. The fourth-order valence-corrected chi connectivity index (χ4v) is 3.09.